The number of nitrogens with two attached hydrogens (primary N) is 3. The Bertz CT molecular complexity index is 352. The molecule has 0 radical (unpaired) electrons. The van der Waals surface area contributed by atoms with E-state index in [9.17, 15) is 10.2 Å². The molecule has 0 unspecified atom stereocenters. The van der Waals surface area contributed by atoms with Gasteiger partial charge >= 0.3 is 0 Å². The first-order valence-corrected chi connectivity index (χ1v) is 8.19. The van der Waals surface area contributed by atoms with Gasteiger partial charge in [-0.3, -0.25) is 0 Å². The molecule has 2 aliphatic heterocycles. The average molecular weight is 339 g/mol. The Labute approximate surface area is 135 Å². The summed E-state index contributed by atoms with van der Waals surface area (Å²) in [5.74, 6) is 0.455. The first kappa shape index (κ1) is 18.3. The van der Waals surface area contributed by atoms with Gasteiger partial charge in [-0.05, 0) is 19.4 Å². The van der Waals surface area contributed by atoms with Gasteiger partial charge in [-0.15, -0.1) is 11.6 Å². The summed E-state index contributed by atoms with van der Waals surface area (Å²) >= 11 is 5.92. The van der Waals surface area contributed by atoms with Gasteiger partial charge in [0.15, 0.2) is 6.29 Å². The summed E-state index contributed by atoms with van der Waals surface area (Å²) in [5.41, 5.74) is 17.6. The smallest absolute Gasteiger partial charge is 0.176 e. The zero-order chi connectivity index (χ0) is 16.3. The first-order valence-electron chi connectivity index (χ1n) is 7.65. The number of nitrogens with one attached hydrogen (secondary N) is 1. The number of rotatable bonds is 4. The summed E-state index contributed by atoms with van der Waals surface area (Å²) in [6.07, 6.45) is -2.79. The molecule has 0 saturated carbocycles. The van der Waals surface area contributed by atoms with Gasteiger partial charge in [0.1, 0.15) is 18.3 Å². The Kier molecular flexibility index (Phi) is 6.81. The molecule has 0 spiro atoms. The molecule has 0 amide bonds. The van der Waals surface area contributed by atoms with E-state index in [0.29, 0.717) is 12.3 Å². The Morgan fingerprint density at radius 1 is 1.27 bits per heavy atom. The van der Waals surface area contributed by atoms with Crippen molar-refractivity contribution < 1.29 is 19.7 Å². The van der Waals surface area contributed by atoms with E-state index in [4.69, 9.17) is 38.3 Å². The summed E-state index contributed by atoms with van der Waals surface area (Å²) < 4.78 is 11.5. The average Bonchev–Trinajstić information content (AvgIpc) is 2.69. The number of halogens is 1. The SMILES string of the molecule is NC[C@H]1O[C@H](O[C@H]2C[C@H](CCl)NCC[C@@H]2N)[C@H](N)[C@@H](O)[C@@H]1O. The largest absolute Gasteiger partial charge is 0.388 e. The molecule has 2 saturated heterocycles. The van der Waals surface area contributed by atoms with E-state index in [-0.39, 0.29) is 24.7 Å². The molecule has 2 aliphatic rings. The number of aliphatic hydroxyl groups excluding tert-OH is 2. The Morgan fingerprint density at radius 2 is 2.00 bits per heavy atom. The van der Waals surface area contributed by atoms with Crippen LogP contribution >= 0.6 is 11.6 Å². The second kappa shape index (κ2) is 8.18. The van der Waals surface area contributed by atoms with Crippen LogP contribution < -0.4 is 22.5 Å². The van der Waals surface area contributed by atoms with Gasteiger partial charge in [0.05, 0.1) is 12.1 Å². The van der Waals surface area contributed by atoms with Crippen molar-refractivity contribution in [3.63, 3.8) is 0 Å². The molecule has 9 heteroatoms. The predicted octanol–water partition coefficient (Wildman–Crippen LogP) is -2.58. The van der Waals surface area contributed by atoms with Crippen LogP contribution in [0, 0.1) is 0 Å². The van der Waals surface area contributed by atoms with Gasteiger partial charge < -0.3 is 42.2 Å². The zero-order valence-corrected chi connectivity index (χ0v) is 13.2. The van der Waals surface area contributed by atoms with Crippen molar-refractivity contribution in [3.05, 3.63) is 0 Å². The Hall–Kier alpha value is -0.0300. The van der Waals surface area contributed by atoms with Crippen LogP contribution in [0.2, 0.25) is 0 Å². The molecule has 2 fully saturated rings. The molecule has 22 heavy (non-hydrogen) atoms. The maximum atomic E-state index is 10.0. The van der Waals surface area contributed by atoms with Crippen LogP contribution in [0.1, 0.15) is 12.8 Å². The molecular formula is C13H27ClN4O4. The van der Waals surface area contributed by atoms with E-state index in [0.717, 1.165) is 13.0 Å². The van der Waals surface area contributed by atoms with Crippen molar-refractivity contribution in [2.24, 2.45) is 17.2 Å². The Balaban J connectivity index is 2.03. The highest BCUT2D eigenvalue weighted by molar-refractivity contribution is 6.18. The normalized spacial score (nSPS) is 47.2. The third kappa shape index (κ3) is 4.08. The molecule has 130 valence electrons. The van der Waals surface area contributed by atoms with Crippen LogP contribution in [0.15, 0.2) is 0 Å². The van der Waals surface area contributed by atoms with Crippen LogP contribution in [-0.4, -0.2) is 78.0 Å². The van der Waals surface area contributed by atoms with E-state index in [1.54, 1.807) is 0 Å². The lowest BCUT2D eigenvalue weighted by Crippen LogP contribution is -2.64. The lowest BCUT2D eigenvalue weighted by molar-refractivity contribution is -0.272. The highest BCUT2D eigenvalue weighted by Crippen LogP contribution is 2.24. The summed E-state index contributed by atoms with van der Waals surface area (Å²) in [6, 6.07) is -0.951. The summed E-state index contributed by atoms with van der Waals surface area (Å²) in [4.78, 5) is 0. The van der Waals surface area contributed by atoms with E-state index in [2.05, 4.69) is 5.32 Å². The maximum Gasteiger partial charge on any atom is 0.176 e. The second-order valence-electron chi connectivity index (χ2n) is 6.01. The van der Waals surface area contributed by atoms with Gasteiger partial charge in [0.2, 0.25) is 0 Å². The van der Waals surface area contributed by atoms with Crippen LogP contribution in [0.3, 0.4) is 0 Å². The highest BCUT2D eigenvalue weighted by atomic mass is 35.5. The monoisotopic (exact) mass is 338 g/mol. The molecule has 2 heterocycles. The van der Waals surface area contributed by atoms with E-state index < -0.39 is 30.6 Å². The fraction of sp³-hybridized carbons (Fsp3) is 1.00. The molecule has 2 rings (SSSR count). The lowest BCUT2D eigenvalue weighted by atomic mass is 9.97. The van der Waals surface area contributed by atoms with Crippen LogP contribution in [-0.2, 0) is 9.47 Å². The van der Waals surface area contributed by atoms with Crippen molar-refractivity contribution in [1.82, 2.24) is 5.32 Å². The quantitative estimate of drug-likeness (QED) is 0.306. The van der Waals surface area contributed by atoms with Crippen molar-refractivity contribution in [1.29, 1.82) is 0 Å². The standard InChI is InChI=1S/C13H27ClN4O4/c14-4-6-3-8(7(16)1-2-18-6)21-13-10(17)12(20)11(19)9(5-15)22-13/h6-13,18-20H,1-5,15-17H2/t6-,7+,8+,9-,10-,11-,12-,13+/m1/s1. The minimum atomic E-state index is -1.16. The number of hydrogen-bond donors (Lipinski definition) is 6. The van der Waals surface area contributed by atoms with E-state index >= 15 is 0 Å². The molecule has 0 aromatic carbocycles. The molecule has 0 bridgehead atoms. The maximum absolute atomic E-state index is 10.0. The number of ether oxygens (including phenoxy) is 2. The fourth-order valence-electron chi connectivity index (χ4n) is 2.89. The summed E-state index contributed by atoms with van der Waals surface area (Å²) in [5, 5.41) is 23.2. The molecule has 9 N–H and O–H groups in total. The lowest BCUT2D eigenvalue weighted by Gasteiger charge is -2.42. The zero-order valence-electron chi connectivity index (χ0n) is 12.5. The number of alkyl halides is 1. The summed E-state index contributed by atoms with van der Waals surface area (Å²) in [7, 11) is 0. The van der Waals surface area contributed by atoms with E-state index in [1.807, 2.05) is 0 Å². The topological polar surface area (TPSA) is 149 Å². The summed E-state index contributed by atoms with van der Waals surface area (Å²) in [6.45, 7) is 0.830. The molecule has 8 nitrogen and oxygen atoms in total. The highest BCUT2D eigenvalue weighted by Gasteiger charge is 2.44. The van der Waals surface area contributed by atoms with Gasteiger partial charge in [-0.25, -0.2) is 0 Å². The fourth-order valence-corrected chi connectivity index (χ4v) is 3.13. The van der Waals surface area contributed by atoms with Gasteiger partial charge in [0.25, 0.3) is 0 Å². The van der Waals surface area contributed by atoms with Gasteiger partial charge in [-0.1, -0.05) is 0 Å². The molecule has 0 aromatic rings. The molecule has 0 aliphatic carbocycles. The number of hydrogen-bond acceptors (Lipinski definition) is 8. The minimum absolute atomic E-state index is 0.0629. The van der Waals surface area contributed by atoms with Crippen molar-refractivity contribution in [2.45, 2.75) is 61.7 Å². The third-order valence-corrected chi connectivity index (χ3v) is 4.75. The first-order chi connectivity index (χ1) is 10.5. The molecule has 0 aromatic heterocycles. The van der Waals surface area contributed by atoms with E-state index in [1.165, 1.54) is 0 Å². The molecular weight excluding hydrogens is 312 g/mol. The molecule has 8 atom stereocenters. The van der Waals surface area contributed by atoms with Crippen molar-refractivity contribution in [2.75, 3.05) is 19.0 Å². The van der Waals surface area contributed by atoms with Crippen molar-refractivity contribution in [3.8, 4) is 0 Å². The van der Waals surface area contributed by atoms with Crippen LogP contribution in [0.4, 0.5) is 0 Å². The second-order valence-corrected chi connectivity index (χ2v) is 6.31. The van der Waals surface area contributed by atoms with Crippen molar-refractivity contribution >= 4 is 11.6 Å². The number of aliphatic hydroxyl groups is 2. The van der Waals surface area contributed by atoms with Crippen LogP contribution in [0.5, 0.6) is 0 Å². The van der Waals surface area contributed by atoms with Crippen LogP contribution in [0.25, 0.3) is 0 Å². The van der Waals surface area contributed by atoms with Gasteiger partial charge in [0, 0.05) is 24.5 Å². The third-order valence-electron chi connectivity index (χ3n) is 4.38. The van der Waals surface area contributed by atoms with Gasteiger partial charge in [-0.2, -0.15) is 0 Å². The predicted molar refractivity (Wildman–Crippen MR) is 82.3 cm³/mol. The Morgan fingerprint density at radius 3 is 2.64 bits per heavy atom. The minimum Gasteiger partial charge on any atom is -0.388 e.